The number of nitrogens with zero attached hydrogens (tertiary/aromatic N) is 5. The molecule has 2 aliphatic rings. The van der Waals surface area contributed by atoms with Crippen LogP contribution in [-0.4, -0.2) is 81.7 Å². The average molecular weight is 363 g/mol. The van der Waals surface area contributed by atoms with Gasteiger partial charge in [0.2, 0.25) is 11.8 Å². The molecule has 2 amide bonds. The lowest BCUT2D eigenvalue weighted by Crippen LogP contribution is -2.41. The summed E-state index contributed by atoms with van der Waals surface area (Å²) in [6, 6.07) is 0. The molecule has 1 fully saturated rings. The van der Waals surface area contributed by atoms with E-state index < -0.39 is 0 Å². The van der Waals surface area contributed by atoms with Crippen LogP contribution in [0.5, 0.6) is 0 Å². The lowest BCUT2D eigenvalue weighted by Gasteiger charge is -2.30. The summed E-state index contributed by atoms with van der Waals surface area (Å²) >= 11 is 0. The third kappa shape index (κ3) is 3.61. The van der Waals surface area contributed by atoms with E-state index in [9.17, 15) is 14.7 Å². The van der Waals surface area contributed by atoms with Crippen molar-refractivity contribution >= 4 is 11.8 Å². The zero-order valence-corrected chi connectivity index (χ0v) is 15.9. The van der Waals surface area contributed by atoms with Gasteiger partial charge in [-0.2, -0.15) is 5.10 Å². The highest BCUT2D eigenvalue weighted by Gasteiger charge is 2.38. The molecule has 1 aromatic heterocycles. The number of hydrogen-bond donors (Lipinski definition) is 1. The quantitative estimate of drug-likeness (QED) is 0.750. The van der Waals surface area contributed by atoms with E-state index in [2.05, 4.69) is 5.10 Å². The van der Waals surface area contributed by atoms with Gasteiger partial charge in [-0.3, -0.25) is 14.3 Å². The Balaban J connectivity index is 1.66. The molecule has 8 heteroatoms. The topological polar surface area (TPSA) is 81.9 Å². The van der Waals surface area contributed by atoms with E-state index in [0.717, 1.165) is 30.8 Å². The van der Waals surface area contributed by atoms with E-state index in [0.29, 0.717) is 38.3 Å². The number of hydrogen-bond acceptors (Lipinski definition) is 5. The molecule has 1 N–H and O–H groups in total. The lowest BCUT2D eigenvalue weighted by molar-refractivity contribution is -0.136. The van der Waals surface area contributed by atoms with Crippen molar-refractivity contribution in [2.75, 3.05) is 40.3 Å². The largest absolute Gasteiger partial charge is 0.390 e. The van der Waals surface area contributed by atoms with Crippen molar-refractivity contribution in [3.05, 3.63) is 17.0 Å². The number of carbonyl (C=O) groups is 2. The van der Waals surface area contributed by atoms with Crippen LogP contribution in [0.15, 0.2) is 0 Å². The van der Waals surface area contributed by atoms with Crippen molar-refractivity contribution in [2.24, 2.45) is 5.92 Å². The van der Waals surface area contributed by atoms with Gasteiger partial charge in [0.05, 0.1) is 18.2 Å². The maximum atomic E-state index is 13.0. The predicted molar refractivity (Wildman–Crippen MR) is 96.2 cm³/mol. The van der Waals surface area contributed by atoms with Gasteiger partial charge in [-0.15, -0.1) is 0 Å². The zero-order chi connectivity index (χ0) is 18.8. The summed E-state index contributed by atoms with van der Waals surface area (Å²) in [7, 11) is 3.95. The predicted octanol–water partition coefficient (Wildman–Crippen LogP) is -0.310. The summed E-state index contributed by atoms with van der Waals surface area (Å²) in [6.45, 7) is 5.77. The number of aryl methyl sites for hydroxylation is 1. The Morgan fingerprint density at radius 1 is 1.38 bits per heavy atom. The van der Waals surface area contributed by atoms with Gasteiger partial charge in [-0.05, 0) is 21.0 Å². The molecule has 0 saturated carbocycles. The monoisotopic (exact) mass is 363 g/mol. The number of fused-ring (bicyclic) bond motifs is 1. The van der Waals surface area contributed by atoms with E-state index in [1.807, 2.05) is 35.5 Å². The normalized spacial score (nSPS) is 20.2. The van der Waals surface area contributed by atoms with Crippen molar-refractivity contribution in [2.45, 2.75) is 39.5 Å². The number of aliphatic hydroxyl groups excluding tert-OH is 1. The maximum absolute atomic E-state index is 13.0. The minimum absolute atomic E-state index is 0.0458. The molecule has 0 aromatic carbocycles. The number of rotatable bonds is 6. The lowest BCUT2D eigenvalue weighted by atomic mass is 10.0. The molecule has 0 bridgehead atoms. The van der Waals surface area contributed by atoms with Crippen LogP contribution in [0, 0.1) is 5.92 Å². The fourth-order valence-corrected chi connectivity index (χ4v) is 3.87. The first kappa shape index (κ1) is 18.8. The van der Waals surface area contributed by atoms with Crippen molar-refractivity contribution in [3.63, 3.8) is 0 Å². The van der Waals surface area contributed by atoms with Crippen LogP contribution >= 0.6 is 0 Å². The first-order chi connectivity index (χ1) is 12.4. The van der Waals surface area contributed by atoms with Crippen LogP contribution in [0.25, 0.3) is 0 Å². The molecule has 8 nitrogen and oxygen atoms in total. The van der Waals surface area contributed by atoms with Crippen molar-refractivity contribution in [3.8, 4) is 0 Å². The van der Waals surface area contributed by atoms with Crippen LogP contribution in [0.1, 0.15) is 30.3 Å². The Kier molecular flexibility index (Phi) is 5.62. The van der Waals surface area contributed by atoms with E-state index in [1.165, 1.54) is 0 Å². The minimum atomic E-state index is -0.259. The standard InChI is InChI=1S/C18H29N5O3/c1-4-23-16-5-6-22(11-14(16)15(12-24)19-23)18(26)13-9-17(25)21(10-13)8-7-20(2)3/h13,24H,4-12H2,1-3H3. The molecule has 1 aromatic rings. The Labute approximate surface area is 154 Å². The summed E-state index contributed by atoms with van der Waals surface area (Å²) in [5, 5.41) is 14.0. The first-order valence-electron chi connectivity index (χ1n) is 9.34. The molecule has 0 spiro atoms. The number of aromatic nitrogens is 2. The third-order valence-electron chi connectivity index (χ3n) is 5.36. The fourth-order valence-electron chi connectivity index (χ4n) is 3.87. The molecular weight excluding hydrogens is 334 g/mol. The van der Waals surface area contributed by atoms with Crippen LogP contribution in [0.4, 0.5) is 0 Å². The van der Waals surface area contributed by atoms with E-state index in [4.69, 9.17) is 0 Å². The molecule has 1 unspecified atom stereocenters. The van der Waals surface area contributed by atoms with Gasteiger partial charge in [0.1, 0.15) is 0 Å². The molecule has 0 aliphatic carbocycles. The van der Waals surface area contributed by atoms with Gasteiger partial charge in [-0.25, -0.2) is 0 Å². The molecule has 144 valence electrons. The van der Waals surface area contributed by atoms with Gasteiger partial charge in [-0.1, -0.05) is 0 Å². The van der Waals surface area contributed by atoms with Crippen LogP contribution < -0.4 is 0 Å². The van der Waals surface area contributed by atoms with Crippen LogP contribution in [0.3, 0.4) is 0 Å². The van der Waals surface area contributed by atoms with E-state index >= 15 is 0 Å². The Bertz CT molecular complexity index is 685. The molecule has 3 rings (SSSR count). The van der Waals surface area contributed by atoms with Crippen molar-refractivity contribution in [1.82, 2.24) is 24.5 Å². The Morgan fingerprint density at radius 2 is 2.15 bits per heavy atom. The molecule has 1 saturated heterocycles. The van der Waals surface area contributed by atoms with Crippen molar-refractivity contribution < 1.29 is 14.7 Å². The van der Waals surface area contributed by atoms with Crippen LogP contribution in [0.2, 0.25) is 0 Å². The van der Waals surface area contributed by atoms with E-state index in [1.54, 1.807) is 4.90 Å². The number of aliphatic hydroxyl groups is 1. The smallest absolute Gasteiger partial charge is 0.228 e. The van der Waals surface area contributed by atoms with Gasteiger partial charge < -0.3 is 19.8 Å². The summed E-state index contributed by atoms with van der Waals surface area (Å²) in [4.78, 5) is 30.8. The number of likely N-dealkylation sites (N-methyl/N-ethyl adjacent to an activating group) is 1. The average Bonchev–Trinajstić information content (AvgIpc) is 3.18. The van der Waals surface area contributed by atoms with Crippen molar-refractivity contribution in [1.29, 1.82) is 0 Å². The molecule has 0 radical (unpaired) electrons. The summed E-state index contributed by atoms with van der Waals surface area (Å²) in [5.74, 6) is -0.146. The first-order valence-corrected chi connectivity index (χ1v) is 9.34. The van der Waals surface area contributed by atoms with Gasteiger partial charge in [0.15, 0.2) is 0 Å². The minimum Gasteiger partial charge on any atom is -0.390 e. The Hall–Kier alpha value is -1.93. The highest BCUT2D eigenvalue weighted by atomic mass is 16.3. The van der Waals surface area contributed by atoms with Gasteiger partial charge in [0.25, 0.3) is 0 Å². The molecular formula is C18H29N5O3. The number of likely N-dealkylation sites (tertiary alicyclic amines) is 1. The molecule has 26 heavy (non-hydrogen) atoms. The Morgan fingerprint density at radius 3 is 2.81 bits per heavy atom. The zero-order valence-electron chi connectivity index (χ0n) is 15.9. The van der Waals surface area contributed by atoms with Crippen LogP contribution in [-0.2, 0) is 35.7 Å². The third-order valence-corrected chi connectivity index (χ3v) is 5.36. The maximum Gasteiger partial charge on any atom is 0.228 e. The fraction of sp³-hybridized carbons (Fsp3) is 0.722. The summed E-state index contributed by atoms with van der Waals surface area (Å²) in [6.07, 6.45) is 1.05. The number of amides is 2. The highest BCUT2D eigenvalue weighted by molar-refractivity contribution is 5.89. The molecule has 1 atom stereocenters. The molecule has 3 heterocycles. The van der Waals surface area contributed by atoms with Gasteiger partial charge in [0, 0.05) is 63.4 Å². The highest BCUT2D eigenvalue weighted by Crippen LogP contribution is 2.26. The summed E-state index contributed by atoms with van der Waals surface area (Å²) in [5.41, 5.74) is 2.76. The second-order valence-corrected chi connectivity index (χ2v) is 7.40. The number of carbonyl (C=O) groups excluding carboxylic acids is 2. The second kappa shape index (κ2) is 7.75. The van der Waals surface area contributed by atoms with E-state index in [-0.39, 0.29) is 24.3 Å². The summed E-state index contributed by atoms with van der Waals surface area (Å²) < 4.78 is 1.92. The van der Waals surface area contributed by atoms with Gasteiger partial charge >= 0.3 is 0 Å². The SMILES string of the molecule is CCn1nc(CO)c2c1CCN(C(=O)C1CC(=O)N(CCN(C)C)C1)C2. The second-order valence-electron chi connectivity index (χ2n) is 7.40. The molecule has 2 aliphatic heterocycles.